The van der Waals surface area contributed by atoms with E-state index < -0.39 is 12.2 Å². The third-order valence-corrected chi connectivity index (χ3v) is 2.21. The summed E-state index contributed by atoms with van der Waals surface area (Å²) in [5.74, 6) is -0.495. The van der Waals surface area contributed by atoms with E-state index in [0.717, 1.165) is 18.2 Å². The van der Waals surface area contributed by atoms with Crippen molar-refractivity contribution in [3.05, 3.63) is 35.1 Å². The predicted octanol–water partition coefficient (Wildman–Crippen LogP) is 4.22. The number of hydrogen-bond acceptors (Lipinski definition) is 0. The molecule has 0 nitrogen and oxygen atoms in total. The van der Waals surface area contributed by atoms with E-state index in [1.165, 1.54) is 0 Å². The molecule has 0 radical (unpaired) electrons. The van der Waals surface area contributed by atoms with Crippen LogP contribution < -0.4 is 0 Å². The Kier molecular flexibility index (Phi) is 3.36. The van der Waals surface area contributed by atoms with Gasteiger partial charge in [0, 0.05) is 10.4 Å². The van der Waals surface area contributed by atoms with Gasteiger partial charge in [0.25, 0.3) is 6.43 Å². The van der Waals surface area contributed by atoms with Crippen LogP contribution in [0.4, 0.5) is 13.2 Å². The largest absolute Gasteiger partial charge is 0.264 e. The minimum absolute atomic E-state index is 0.120. The van der Waals surface area contributed by atoms with Crippen LogP contribution in [0.25, 0.3) is 0 Å². The van der Waals surface area contributed by atoms with Gasteiger partial charge in [-0.15, -0.1) is 0 Å². The molecule has 0 fully saturated rings. The minimum atomic E-state index is -2.56. The summed E-state index contributed by atoms with van der Waals surface area (Å²) in [6.07, 6.45) is -2.56. The van der Waals surface area contributed by atoms with Gasteiger partial charge in [0.05, 0.1) is 0 Å². The highest BCUT2D eigenvalue weighted by atomic mass is 79.9. The molecule has 0 aromatic heterocycles. The van der Waals surface area contributed by atoms with E-state index >= 15 is 0 Å². The summed E-state index contributed by atoms with van der Waals surface area (Å²) in [4.78, 5) is -0.271. The van der Waals surface area contributed by atoms with E-state index in [-0.39, 0.29) is 10.4 Å². The average molecular weight is 253 g/mol. The summed E-state index contributed by atoms with van der Waals surface area (Å²) in [7, 11) is 0. The summed E-state index contributed by atoms with van der Waals surface area (Å²) in [5.41, 5.74) is 0.181. The van der Waals surface area contributed by atoms with E-state index in [1.54, 1.807) is 6.92 Å². The smallest absolute Gasteiger partial charge is 0.207 e. The lowest BCUT2D eigenvalue weighted by Gasteiger charge is -2.10. The molecule has 0 aliphatic heterocycles. The molecule has 1 aromatic rings. The second-order valence-electron chi connectivity index (χ2n) is 2.69. The van der Waals surface area contributed by atoms with Crippen LogP contribution in [0.3, 0.4) is 0 Å². The zero-order valence-corrected chi connectivity index (χ0v) is 8.48. The van der Waals surface area contributed by atoms with Crippen molar-refractivity contribution < 1.29 is 13.2 Å². The molecule has 1 unspecified atom stereocenters. The van der Waals surface area contributed by atoms with Gasteiger partial charge in [-0.3, -0.25) is 0 Å². The van der Waals surface area contributed by atoms with Gasteiger partial charge in [-0.25, -0.2) is 13.2 Å². The summed E-state index contributed by atoms with van der Waals surface area (Å²) in [6, 6.07) is 3.29. The molecule has 0 saturated carbocycles. The second-order valence-corrected chi connectivity index (χ2v) is 4.06. The Labute approximate surface area is 82.9 Å². The van der Waals surface area contributed by atoms with E-state index in [1.807, 2.05) is 0 Å². The quantitative estimate of drug-likeness (QED) is 0.692. The first-order valence-corrected chi connectivity index (χ1v) is 4.65. The van der Waals surface area contributed by atoms with Crippen LogP contribution in [-0.2, 0) is 0 Å². The molecule has 4 heteroatoms. The molecule has 1 aromatic carbocycles. The SMILES string of the molecule is CC(Br)c1cc(F)ccc1C(F)F. The van der Waals surface area contributed by atoms with Gasteiger partial charge in [0.1, 0.15) is 5.82 Å². The van der Waals surface area contributed by atoms with Crippen molar-refractivity contribution in [1.82, 2.24) is 0 Å². The molecular weight excluding hydrogens is 245 g/mol. The van der Waals surface area contributed by atoms with Crippen LogP contribution in [0.2, 0.25) is 0 Å². The lowest BCUT2D eigenvalue weighted by molar-refractivity contribution is 0.150. The van der Waals surface area contributed by atoms with Crippen LogP contribution in [0.1, 0.15) is 29.3 Å². The third kappa shape index (κ3) is 2.46. The molecule has 1 rings (SSSR count). The van der Waals surface area contributed by atoms with Crippen molar-refractivity contribution in [2.45, 2.75) is 18.2 Å². The third-order valence-electron chi connectivity index (χ3n) is 1.71. The van der Waals surface area contributed by atoms with E-state index in [9.17, 15) is 13.2 Å². The lowest BCUT2D eigenvalue weighted by atomic mass is 10.1. The first-order valence-electron chi connectivity index (χ1n) is 3.74. The first-order chi connectivity index (χ1) is 6.02. The zero-order chi connectivity index (χ0) is 10.0. The Bertz CT molecular complexity index is 297. The molecule has 0 bridgehead atoms. The molecule has 1 atom stereocenters. The highest BCUT2D eigenvalue weighted by molar-refractivity contribution is 9.09. The van der Waals surface area contributed by atoms with Crippen LogP contribution >= 0.6 is 15.9 Å². The van der Waals surface area contributed by atoms with Gasteiger partial charge < -0.3 is 0 Å². The van der Waals surface area contributed by atoms with Crippen molar-refractivity contribution in [3.63, 3.8) is 0 Å². The van der Waals surface area contributed by atoms with Crippen LogP contribution in [-0.4, -0.2) is 0 Å². The summed E-state index contributed by atoms with van der Waals surface area (Å²) in [6.45, 7) is 1.68. The molecule has 0 N–H and O–H groups in total. The van der Waals surface area contributed by atoms with E-state index in [4.69, 9.17) is 0 Å². The Morgan fingerprint density at radius 2 is 1.85 bits per heavy atom. The number of hydrogen-bond donors (Lipinski definition) is 0. The maximum atomic E-state index is 12.7. The van der Waals surface area contributed by atoms with Crippen LogP contribution in [0, 0.1) is 5.82 Å². The highest BCUT2D eigenvalue weighted by Crippen LogP contribution is 2.31. The molecule has 13 heavy (non-hydrogen) atoms. The fourth-order valence-corrected chi connectivity index (χ4v) is 1.49. The van der Waals surface area contributed by atoms with Gasteiger partial charge in [0.15, 0.2) is 0 Å². The maximum absolute atomic E-state index is 12.7. The summed E-state index contributed by atoms with van der Waals surface area (Å²) >= 11 is 3.14. The van der Waals surface area contributed by atoms with Gasteiger partial charge in [-0.1, -0.05) is 22.0 Å². The van der Waals surface area contributed by atoms with Crippen molar-refractivity contribution in [2.24, 2.45) is 0 Å². The molecule has 72 valence electrons. The highest BCUT2D eigenvalue weighted by Gasteiger charge is 2.16. The standard InChI is InChI=1S/C9H8BrF3/c1-5(10)8-4-6(11)2-3-7(8)9(12)13/h2-5,9H,1H3. The van der Waals surface area contributed by atoms with Crippen molar-refractivity contribution in [2.75, 3.05) is 0 Å². The summed E-state index contributed by atoms with van der Waals surface area (Å²) in [5, 5.41) is 0. The van der Waals surface area contributed by atoms with Gasteiger partial charge >= 0.3 is 0 Å². The molecule has 0 aliphatic rings. The van der Waals surface area contributed by atoms with Crippen LogP contribution in [0.15, 0.2) is 18.2 Å². The van der Waals surface area contributed by atoms with Gasteiger partial charge in [-0.2, -0.15) is 0 Å². The number of alkyl halides is 3. The maximum Gasteiger partial charge on any atom is 0.264 e. The first kappa shape index (κ1) is 10.6. The number of halogens is 4. The minimum Gasteiger partial charge on any atom is -0.207 e. The van der Waals surface area contributed by atoms with Gasteiger partial charge in [-0.05, 0) is 24.6 Å². The molecular formula is C9H8BrF3. The predicted molar refractivity (Wildman–Crippen MR) is 48.7 cm³/mol. The van der Waals surface area contributed by atoms with Crippen molar-refractivity contribution in [1.29, 1.82) is 0 Å². The lowest BCUT2D eigenvalue weighted by Crippen LogP contribution is -1.95. The van der Waals surface area contributed by atoms with Gasteiger partial charge in [0.2, 0.25) is 0 Å². The Morgan fingerprint density at radius 3 is 2.31 bits per heavy atom. The zero-order valence-electron chi connectivity index (χ0n) is 6.90. The molecule has 0 aliphatic carbocycles. The molecule has 0 amide bonds. The molecule has 0 heterocycles. The summed E-state index contributed by atoms with van der Waals surface area (Å²) < 4.78 is 37.5. The average Bonchev–Trinajstić information content (AvgIpc) is 2.03. The molecule has 0 spiro atoms. The fraction of sp³-hybridized carbons (Fsp3) is 0.333. The molecule has 0 saturated heterocycles. The number of rotatable bonds is 2. The van der Waals surface area contributed by atoms with E-state index in [2.05, 4.69) is 15.9 Å². The second kappa shape index (κ2) is 4.13. The Morgan fingerprint density at radius 1 is 1.23 bits per heavy atom. The van der Waals surface area contributed by atoms with E-state index in [0.29, 0.717) is 5.56 Å². The fourth-order valence-electron chi connectivity index (χ4n) is 1.09. The van der Waals surface area contributed by atoms with Crippen molar-refractivity contribution >= 4 is 15.9 Å². The van der Waals surface area contributed by atoms with Crippen molar-refractivity contribution in [3.8, 4) is 0 Å². The van der Waals surface area contributed by atoms with Crippen LogP contribution in [0.5, 0.6) is 0 Å². The topological polar surface area (TPSA) is 0 Å². The Hall–Kier alpha value is -0.510. The Balaban J connectivity index is 3.19. The number of benzene rings is 1. The monoisotopic (exact) mass is 252 g/mol. The normalized spacial score (nSPS) is 13.4.